The minimum atomic E-state index is -0.103. The van der Waals surface area contributed by atoms with Crippen molar-refractivity contribution in [1.29, 1.82) is 0 Å². The Labute approximate surface area is 129 Å². The molecule has 0 radical (unpaired) electrons. The van der Waals surface area contributed by atoms with E-state index in [1.54, 1.807) is 11.3 Å². The van der Waals surface area contributed by atoms with Crippen LogP contribution >= 0.6 is 11.3 Å². The summed E-state index contributed by atoms with van der Waals surface area (Å²) in [6.45, 7) is 1.96. The van der Waals surface area contributed by atoms with Crippen molar-refractivity contribution >= 4 is 23.0 Å². The normalized spacial score (nSPS) is 37.8. The predicted octanol–water partition coefficient (Wildman–Crippen LogP) is 3.80. The van der Waals surface area contributed by atoms with Crippen LogP contribution in [-0.2, 0) is 4.79 Å². The van der Waals surface area contributed by atoms with Gasteiger partial charge in [0.15, 0.2) is 0 Å². The van der Waals surface area contributed by atoms with Gasteiger partial charge in [0, 0.05) is 4.88 Å². The minimum Gasteiger partial charge on any atom is -0.273 e. The molecule has 112 valence electrons. The molecule has 0 aliphatic heterocycles. The third-order valence-corrected chi connectivity index (χ3v) is 6.70. The molecule has 1 amide bonds. The van der Waals surface area contributed by atoms with E-state index in [-0.39, 0.29) is 11.3 Å². The van der Waals surface area contributed by atoms with Crippen LogP contribution in [0.3, 0.4) is 0 Å². The number of carbonyl (C=O) groups excluding carboxylic acids is 1. The second-order valence-electron chi connectivity index (χ2n) is 7.31. The molecule has 4 aliphatic carbocycles. The largest absolute Gasteiger partial charge is 0.273 e. The second kappa shape index (κ2) is 4.94. The van der Waals surface area contributed by atoms with Crippen molar-refractivity contribution < 1.29 is 4.79 Å². The first-order valence-corrected chi connectivity index (χ1v) is 8.91. The minimum absolute atomic E-state index is 0.103. The highest BCUT2D eigenvalue weighted by Gasteiger charge is 2.54. The van der Waals surface area contributed by atoms with Gasteiger partial charge in [-0.1, -0.05) is 6.07 Å². The lowest BCUT2D eigenvalue weighted by Gasteiger charge is -2.55. The van der Waals surface area contributed by atoms with Gasteiger partial charge >= 0.3 is 0 Å². The molecule has 4 fully saturated rings. The summed E-state index contributed by atoms with van der Waals surface area (Å²) in [5, 5.41) is 6.39. The number of hydrogen-bond donors (Lipinski definition) is 1. The molecule has 21 heavy (non-hydrogen) atoms. The summed E-state index contributed by atoms with van der Waals surface area (Å²) in [7, 11) is 0. The van der Waals surface area contributed by atoms with E-state index < -0.39 is 0 Å². The predicted molar refractivity (Wildman–Crippen MR) is 85.3 cm³/mol. The lowest BCUT2D eigenvalue weighted by atomic mass is 9.49. The molecule has 4 heteroatoms. The Bertz CT molecular complexity index is 540. The van der Waals surface area contributed by atoms with Gasteiger partial charge in [-0.25, -0.2) is 5.43 Å². The standard InChI is InChI=1S/C17H22N2OS/c1-11(15-3-2-4-21-15)18-19-16(20)17-8-12-5-13(9-17)7-14(6-12)10-17/h2-4,12-14H,5-10H2,1H3,(H,19,20). The average molecular weight is 302 g/mol. The van der Waals surface area contributed by atoms with E-state index in [9.17, 15) is 4.79 Å². The first kappa shape index (κ1) is 13.5. The fraction of sp³-hybridized carbons (Fsp3) is 0.647. The SMILES string of the molecule is CC(=NNC(=O)C12CC3CC(CC(C3)C1)C2)c1cccs1. The van der Waals surface area contributed by atoms with E-state index in [4.69, 9.17) is 0 Å². The Morgan fingerprint density at radius 2 is 1.86 bits per heavy atom. The average Bonchev–Trinajstić information content (AvgIpc) is 2.97. The Balaban J connectivity index is 1.49. The van der Waals surface area contributed by atoms with Crippen molar-refractivity contribution in [3.8, 4) is 0 Å². The van der Waals surface area contributed by atoms with Gasteiger partial charge in [0.25, 0.3) is 0 Å². The number of nitrogens with one attached hydrogen (secondary N) is 1. The van der Waals surface area contributed by atoms with Crippen molar-refractivity contribution in [2.75, 3.05) is 0 Å². The molecule has 4 saturated carbocycles. The Morgan fingerprint density at radius 3 is 2.38 bits per heavy atom. The van der Waals surface area contributed by atoms with E-state index in [0.717, 1.165) is 47.6 Å². The van der Waals surface area contributed by atoms with Crippen molar-refractivity contribution in [1.82, 2.24) is 5.43 Å². The molecule has 1 N–H and O–H groups in total. The van der Waals surface area contributed by atoms with Gasteiger partial charge in [-0.05, 0) is 74.6 Å². The summed E-state index contributed by atoms with van der Waals surface area (Å²) < 4.78 is 0. The van der Waals surface area contributed by atoms with Gasteiger partial charge in [0.1, 0.15) is 0 Å². The van der Waals surface area contributed by atoms with E-state index in [0.29, 0.717) is 0 Å². The zero-order valence-electron chi connectivity index (χ0n) is 12.5. The van der Waals surface area contributed by atoms with E-state index in [2.05, 4.69) is 10.5 Å². The van der Waals surface area contributed by atoms with Gasteiger partial charge in [0.05, 0.1) is 11.1 Å². The number of carbonyl (C=O) groups is 1. The van der Waals surface area contributed by atoms with E-state index in [1.807, 2.05) is 24.4 Å². The number of thiophene rings is 1. The maximum atomic E-state index is 12.8. The molecule has 5 rings (SSSR count). The summed E-state index contributed by atoms with van der Waals surface area (Å²) in [6, 6.07) is 4.06. The molecular weight excluding hydrogens is 280 g/mol. The first-order chi connectivity index (χ1) is 10.1. The Morgan fingerprint density at radius 1 is 1.24 bits per heavy atom. The van der Waals surface area contributed by atoms with Crippen LogP contribution in [0.15, 0.2) is 22.6 Å². The van der Waals surface area contributed by atoms with Gasteiger partial charge < -0.3 is 0 Å². The smallest absolute Gasteiger partial charge is 0.246 e. The molecular formula is C17H22N2OS. The van der Waals surface area contributed by atoms with Crippen LogP contribution in [0.1, 0.15) is 50.3 Å². The fourth-order valence-electron chi connectivity index (χ4n) is 5.18. The number of nitrogens with zero attached hydrogens (tertiary/aromatic N) is 1. The summed E-state index contributed by atoms with van der Waals surface area (Å²) in [5.41, 5.74) is 3.69. The van der Waals surface area contributed by atoms with E-state index >= 15 is 0 Å². The quantitative estimate of drug-likeness (QED) is 0.669. The third-order valence-electron chi connectivity index (χ3n) is 5.72. The molecule has 3 nitrogen and oxygen atoms in total. The van der Waals surface area contributed by atoms with Crippen LogP contribution in [0.25, 0.3) is 0 Å². The number of amides is 1. The highest BCUT2D eigenvalue weighted by atomic mass is 32.1. The van der Waals surface area contributed by atoms with Gasteiger partial charge in [-0.15, -0.1) is 11.3 Å². The van der Waals surface area contributed by atoms with Crippen LogP contribution < -0.4 is 5.43 Å². The molecule has 1 aromatic rings. The Kier molecular flexibility index (Phi) is 3.18. The van der Waals surface area contributed by atoms with Crippen molar-refractivity contribution in [3.05, 3.63) is 22.4 Å². The molecule has 1 heterocycles. The van der Waals surface area contributed by atoms with Crippen LogP contribution in [0.4, 0.5) is 0 Å². The zero-order valence-corrected chi connectivity index (χ0v) is 13.3. The maximum absolute atomic E-state index is 12.8. The molecule has 4 bridgehead atoms. The summed E-state index contributed by atoms with van der Waals surface area (Å²) in [5.74, 6) is 2.57. The fourth-order valence-corrected chi connectivity index (χ4v) is 5.86. The number of hydrazone groups is 1. The van der Waals surface area contributed by atoms with Crippen LogP contribution in [0.5, 0.6) is 0 Å². The maximum Gasteiger partial charge on any atom is 0.246 e. The van der Waals surface area contributed by atoms with Crippen molar-refractivity contribution in [2.24, 2.45) is 28.3 Å². The van der Waals surface area contributed by atoms with Gasteiger partial charge in [0.2, 0.25) is 5.91 Å². The van der Waals surface area contributed by atoms with Crippen molar-refractivity contribution in [3.63, 3.8) is 0 Å². The molecule has 0 unspecified atom stereocenters. The Hall–Kier alpha value is -1.16. The van der Waals surface area contributed by atoms with Gasteiger partial charge in [-0.3, -0.25) is 4.79 Å². The second-order valence-corrected chi connectivity index (χ2v) is 8.26. The van der Waals surface area contributed by atoms with Crippen molar-refractivity contribution in [2.45, 2.75) is 45.4 Å². The zero-order chi connectivity index (χ0) is 14.4. The summed E-state index contributed by atoms with van der Waals surface area (Å²) in [6.07, 6.45) is 7.38. The monoisotopic (exact) mass is 302 g/mol. The highest BCUT2D eigenvalue weighted by Crippen LogP contribution is 2.60. The molecule has 0 aromatic carbocycles. The van der Waals surface area contributed by atoms with Gasteiger partial charge in [-0.2, -0.15) is 5.10 Å². The molecule has 0 spiro atoms. The molecule has 0 atom stereocenters. The van der Waals surface area contributed by atoms with Crippen LogP contribution in [-0.4, -0.2) is 11.6 Å². The lowest BCUT2D eigenvalue weighted by molar-refractivity contribution is -0.146. The van der Waals surface area contributed by atoms with E-state index in [1.165, 1.54) is 19.3 Å². The number of hydrogen-bond acceptors (Lipinski definition) is 3. The summed E-state index contributed by atoms with van der Waals surface area (Å²) in [4.78, 5) is 13.9. The topological polar surface area (TPSA) is 41.5 Å². The number of rotatable bonds is 3. The third kappa shape index (κ3) is 2.33. The van der Waals surface area contributed by atoms with Crippen LogP contribution in [0, 0.1) is 23.2 Å². The summed E-state index contributed by atoms with van der Waals surface area (Å²) >= 11 is 1.66. The van der Waals surface area contributed by atoms with Crippen LogP contribution in [0.2, 0.25) is 0 Å². The molecule has 0 saturated heterocycles. The molecule has 1 aromatic heterocycles. The highest BCUT2D eigenvalue weighted by molar-refractivity contribution is 7.12. The first-order valence-electron chi connectivity index (χ1n) is 8.03. The molecule has 4 aliphatic rings. The lowest BCUT2D eigenvalue weighted by Crippen LogP contribution is -2.52.